The predicted octanol–water partition coefficient (Wildman–Crippen LogP) is 2.79. The Hall–Kier alpha value is -3.37. The second-order valence-electron chi connectivity index (χ2n) is 7.43. The summed E-state index contributed by atoms with van der Waals surface area (Å²) in [6.07, 6.45) is -1.91. The summed E-state index contributed by atoms with van der Waals surface area (Å²) in [4.78, 5) is 33.1. The first-order valence-corrected chi connectivity index (χ1v) is 9.77. The van der Waals surface area contributed by atoms with Gasteiger partial charge in [0.05, 0.1) is 12.2 Å². The maximum Gasteiger partial charge on any atom is 0.573 e. The molecule has 1 aromatic carbocycles. The zero-order valence-corrected chi connectivity index (χ0v) is 16.6. The first-order chi connectivity index (χ1) is 14.7. The van der Waals surface area contributed by atoms with E-state index >= 15 is 0 Å². The maximum atomic E-state index is 12.7. The Morgan fingerprint density at radius 3 is 2.84 bits per heavy atom. The number of aromatic amines is 1. The van der Waals surface area contributed by atoms with Crippen LogP contribution in [0.3, 0.4) is 0 Å². The largest absolute Gasteiger partial charge is 0.573 e. The van der Waals surface area contributed by atoms with E-state index in [2.05, 4.69) is 19.8 Å². The van der Waals surface area contributed by atoms with Gasteiger partial charge in [-0.1, -0.05) is 18.2 Å². The number of rotatable bonds is 4. The van der Waals surface area contributed by atoms with Crippen molar-refractivity contribution in [3.63, 3.8) is 0 Å². The van der Waals surface area contributed by atoms with Gasteiger partial charge in [-0.15, -0.1) is 13.2 Å². The van der Waals surface area contributed by atoms with Crippen molar-refractivity contribution >= 4 is 16.9 Å². The smallest absolute Gasteiger partial charge is 0.405 e. The Labute approximate surface area is 174 Å². The minimum absolute atomic E-state index is 0.0334. The van der Waals surface area contributed by atoms with Gasteiger partial charge in [0.25, 0.3) is 5.56 Å². The number of benzene rings is 1. The molecule has 1 saturated heterocycles. The molecule has 1 aliphatic heterocycles. The molecule has 3 aromatic rings. The number of amides is 1. The third-order valence-electron chi connectivity index (χ3n) is 5.26. The molecule has 0 bridgehead atoms. The Kier molecular flexibility index (Phi) is 5.42. The van der Waals surface area contributed by atoms with Crippen molar-refractivity contribution in [3.8, 4) is 5.75 Å². The molecule has 1 amide bonds. The average Bonchev–Trinajstić information content (AvgIpc) is 3.13. The molecule has 0 spiro atoms. The SMILES string of the molecule is CC(=O)N1CCCC(n2ncc3c(=O)[nH]c(Cc4ccccc4OC(F)(F)F)nc32)C1. The summed E-state index contributed by atoms with van der Waals surface area (Å²) >= 11 is 0. The number of alkyl halides is 3. The number of hydrogen-bond acceptors (Lipinski definition) is 5. The molecule has 8 nitrogen and oxygen atoms in total. The zero-order chi connectivity index (χ0) is 22.2. The van der Waals surface area contributed by atoms with E-state index in [1.807, 2.05) is 0 Å². The van der Waals surface area contributed by atoms with Gasteiger partial charge in [0.15, 0.2) is 5.65 Å². The van der Waals surface area contributed by atoms with E-state index in [1.54, 1.807) is 15.6 Å². The number of nitrogens with one attached hydrogen (secondary N) is 1. The van der Waals surface area contributed by atoms with Crippen molar-refractivity contribution in [1.82, 2.24) is 24.6 Å². The van der Waals surface area contributed by atoms with Crippen molar-refractivity contribution < 1.29 is 22.7 Å². The number of carbonyl (C=O) groups excluding carboxylic acids is 1. The third-order valence-corrected chi connectivity index (χ3v) is 5.26. The number of hydrogen-bond donors (Lipinski definition) is 1. The molecule has 0 radical (unpaired) electrons. The van der Waals surface area contributed by atoms with E-state index in [0.29, 0.717) is 18.7 Å². The Bertz CT molecular complexity index is 1170. The normalized spacial score (nSPS) is 17.2. The summed E-state index contributed by atoms with van der Waals surface area (Å²) in [5.74, 6) is -0.193. The van der Waals surface area contributed by atoms with Crippen LogP contribution in [-0.2, 0) is 11.2 Å². The van der Waals surface area contributed by atoms with Crippen LogP contribution >= 0.6 is 0 Å². The average molecular weight is 435 g/mol. The molecule has 0 saturated carbocycles. The van der Waals surface area contributed by atoms with Gasteiger partial charge in [-0.05, 0) is 18.9 Å². The lowest BCUT2D eigenvalue weighted by Gasteiger charge is -2.32. The quantitative estimate of drug-likeness (QED) is 0.680. The summed E-state index contributed by atoms with van der Waals surface area (Å²) in [6.45, 7) is 2.63. The van der Waals surface area contributed by atoms with Gasteiger partial charge >= 0.3 is 6.36 Å². The number of halogens is 3. The van der Waals surface area contributed by atoms with Gasteiger partial charge in [-0.25, -0.2) is 9.67 Å². The van der Waals surface area contributed by atoms with Gasteiger partial charge < -0.3 is 14.6 Å². The summed E-state index contributed by atoms with van der Waals surface area (Å²) in [5.41, 5.74) is 0.136. The monoisotopic (exact) mass is 435 g/mol. The fourth-order valence-corrected chi connectivity index (χ4v) is 3.83. The Balaban J connectivity index is 1.68. The van der Waals surface area contributed by atoms with Crippen LogP contribution < -0.4 is 10.3 Å². The molecular formula is C20H20F3N5O3. The van der Waals surface area contributed by atoms with Crippen LogP contribution in [0.25, 0.3) is 11.0 Å². The minimum Gasteiger partial charge on any atom is -0.405 e. The number of aromatic nitrogens is 4. The molecule has 31 heavy (non-hydrogen) atoms. The van der Waals surface area contributed by atoms with Gasteiger partial charge in [0.1, 0.15) is 17.0 Å². The highest BCUT2D eigenvalue weighted by Gasteiger charge is 2.32. The molecule has 164 valence electrons. The number of H-pyrrole nitrogens is 1. The first-order valence-electron chi connectivity index (χ1n) is 9.77. The summed E-state index contributed by atoms with van der Waals surface area (Å²) in [7, 11) is 0. The summed E-state index contributed by atoms with van der Waals surface area (Å²) < 4.78 is 43.8. The first kappa shape index (κ1) is 20.9. The second kappa shape index (κ2) is 8.05. The summed E-state index contributed by atoms with van der Waals surface area (Å²) in [5, 5.41) is 4.59. The topological polar surface area (TPSA) is 93.1 Å². The van der Waals surface area contributed by atoms with Crippen molar-refractivity contribution in [1.29, 1.82) is 0 Å². The van der Waals surface area contributed by atoms with Crippen molar-refractivity contribution in [2.24, 2.45) is 0 Å². The van der Waals surface area contributed by atoms with Gasteiger partial charge in [-0.3, -0.25) is 9.59 Å². The van der Waals surface area contributed by atoms with Gasteiger partial charge in [0.2, 0.25) is 5.91 Å². The van der Waals surface area contributed by atoms with Crippen molar-refractivity contribution in [2.45, 2.75) is 38.6 Å². The summed E-state index contributed by atoms with van der Waals surface area (Å²) in [6, 6.07) is 5.56. The number of carbonyl (C=O) groups is 1. The Morgan fingerprint density at radius 2 is 2.10 bits per heavy atom. The lowest BCUT2D eigenvalue weighted by molar-refractivity contribution is -0.274. The molecule has 3 heterocycles. The van der Waals surface area contributed by atoms with E-state index in [-0.39, 0.29) is 40.9 Å². The molecule has 1 fully saturated rings. The van der Waals surface area contributed by atoms with Crippen LogP contribution in [0.15, 0.2) is 35.3 Å². The van der Waals surface area contributed by atoms with E-state index in [0.717, 1.165) is 12.8 Å². The molecule has 1 aliphatic rings. The number of fused-ring (bicyclic) bond motifs is 1. The van der Waals surface area contributed by atoms with Crippen LogP contribution in [0.1, 0.15) is 37.2 Å². The van der Waals surface area contributed by atoms with E-state index < -0.39 is 11.9 Å². The number of ether oxygens (including phenoxy) is 1. The molecule has 1 atom stereocenters. The van der Waals surface area contributed by atoms with Crippen LogP contribution in [0, 0.1) is 0 Å². The molecule has 0 aliphatic carbocycles. The zero-order valence-electron chi connectivity index (χ0n) is 16.6. The molecule has 2 aromatic heterocycles. The van der Waals surface area contributed by atoms with E-state index in [9.17, 15) is 22.8 Å². The van der Waals surface area contributed by atoms with Crippen molar-refractivity contribution in [2.75, 3.05) is 13.1 Å². The molecule has 1 N–H and O–H groups in total. The van der Waals surface area contributed by atoms with Gasteiger partial charge in [-0.2, -0.15) is 5.10 Å². The highest BCUT2D eigenvalue weighted by atomic mass is 19.4. The van der Waals surface area contributed by atoms with Crippen molar-refractivity contribution in [3.05, 3.63) is 52.2 Å². The number of likely N-dealkylation sites (tertiary alicyclic amines) is 1. The Morgan fingerprint density at radius 1 is 1.32 bits per heavy atom. The van der Waals surface area contributed by atoms with Crippen LogP contribution in [0.4, 0.5) is 13.2 Å². The second-order valence-corrected chi connectivity index (χ2v) is 7.43. The minimum atomic E-state index is -4.83. The van der Waals surface area contributed by atoms with E-state index in [4.69, 9.17) is 0 Å². The van der Waals surface area contributed by atoms with E-state index in [1.165, 1.54) is 31.3 Å². The molecule has 11 heteroatoms. The third kappa shape index (κ3) is 4.54. The lowest BCUT2D eigenvalue weighted by atomic mass is 10.1. The number of piperidine rings is 1. The predicted molar refractivity (Wildman–Crippen MR) is 105 cm³/mol. The standard InChI is InChI=1S/C20H20F3N5O3/c1-12(29)27-8-4-6-14(11-27)28-18-15(10-24-28)19(30)26-17(25-18)9-13-5-2-3-7-16(13)31-20(21,22)23/h2-3,5,7,10,14H,4,6,8-9,11H2,1H3,(H,25,26,30). The van der Waals surface area contributed by atoms with Crippen LogP contribution in [0.5, 0.6) is 5.75 Å². The van der Waals surface area contributed by atoms with Crippen LogP contribution in [0.2, 0.25) is 0 Å². The lowest BCUT2D eigenvalue weighted by Crippen LogP contribution is -2.39. The molecule has 4 rings (SSSR count). The fraction of sp³-hybridized carbons (Fsp3) is 0.400. The fourth-order valence-electron chi connectivity index (χ4n) is 3.83. The van der Waals surface area contributed by atoms with Gasteiger partial charge in [0, 0.05) is 32.0 Å². The highest BCUT2D eigenvalue weighted by Crippen LogP contribution is 2.28. The number of nitrogens with zero attached hydrogens (tertiary/aromatic N) is 4. The maximum absolute atomic E-state index is 12.7. The van der Waals surface area contributed by atoms with Crippen LogP contribution in [-0.4, -0.2) is 50.0 Å². The number of para-hydroxylation sites is 1. The highest BCUT2D eigenvalue weighted by molar-refractivity contribution is 5.74. The molecular weight excluding hydrogens is 415 g/mol. The molecule has 1 unspecified atom stereocenters.